The van der Waals surface area contributed by atoms with Gasteiger partial charge in [-0.05, 0) is 5.41 Å². The predicted molar refractivity (Wildman–Crippen MR) is 55.9 cm³/mol. The highest BCUT2D eigenvalue weighted by atomic mass is 32.2. The highest BCUT2D eigenvalue weighted by molar-refractivity contribution is 7.88. The number of hydrogen-bond donors (Lipinski definition) is 0. The van der Waals surface area contributed by atoms with E-state index < -0.39 is 26.9 Å². The molecular formula is C9H12F3NO3S. The summed E-state index contributed by atoms with van der Waals surface area (Å²) in [6.07, 6.45) is 1.54. The number of hydrogen-bond acceptors (Lipinski definition) is 4. The Kier molecular flexibility index (Phi) is 3.30. The zero-order chi connectivity index (χ0) is 13.5. The molecule has 0 saturated heterocycles. The molecule has 98 valence electrons. The van der Waals surface area contributed by atoms with Crippen molar-refractivity contribution < 1.29 is 25.8 Å². The van der Waals surface area contributed by atoms with Crippen LogP contribution in [0.2, 0.25) is 0 Å². The molecule has 0 fully saturated rings. The second kappa shape index (κ2) is 4.01. The molecule has 0 radical (unpaired) electrons. The molecule has 0 bridgehead atoms. The Balaban J connectivity index is 2.97. The van der Waals surface area contributed by atoms with Crippen LogP contribution < -0.4 is 0 Å². The van der Waals surface area contributed by atoms with E-state index in [1.54, 1.807) is 26.8 Å². The average Bonchev–Trinajstić information content (AvgIpc) is 2.47. The van der Waals surface area contributed by atoms with Gasteiger partial charge >= 0.3 is 15.6 Å². The highest BCUT2D eigenvalue weighted by Gasteiger charge is 2.50. The molecule has 1 aliphatic heterocycles. The van der Waals surface area contributed by atoms with Crippen molar-refractivity contribution in [3.8, 4) is 0 Å². The molecule has 0 aromatic rings. The molecule has 0 spiro atoms. The van der Waals surface area contributed by atoms with Crippen molar-refractivity contribution in [3.63, 3.8) is 0 Å². The third kappa shape index (κ3) is 2.99. The SMILES string of the molecule is CC(C)(C)C1=CCN=C1OS(=O)(=O)C(F)(F)F. The molecule has 4 nitrogen and oxygen atoms in total. The zero-order valence-corrected chi connectivity index (χ0v) is 10.3. The van der Waals surface area contributed by atoms with Gasteiger partial charge in [-0.1, -0.05) is 26.8 Å². The van der Waals surface area contributed by atoms with Crippen molar-refractivity contribution in [2.24, 2.45) is 10.4 Å². The van der Waals surface area contributed by atoms with Gasteiger partial charge in [0, 0.05) is 5.57 Å². The van der Waals surface area contributed by atoms with Crippen LogP contribution in [-0.2, 0) is 14.3 Å². The van der Waals surface area contributed by atoms with Gasteiger partial charge in [0.1, 0.15) is 0 Å². The summed E-state index contributed by atoms with van der Waals surface area (Å²) in [4.78, 5) is 3.60. The number of aliphatic imine (C=N–C) groups is 1. The van der Waals surface area contributed by atoms with Crippen molar-refractivity contribution in [2.45, 2.75) is 26.3 Å². The van der Waals surface area contributed by atoms with Crippen molar-refractivity contribution in [2.75, 3.05) is 6.54 Å². The summed E-state index contributed by atoms with van der Waals surface area (Å²) in [6.45, 7) is 5.30. The normalized spacial score (nSPS) is 17.8. The van der Waals surface area contributed by atoms with Crippen LogP contribution >= 0.6 is 0 Å². The third-order valence-corrected chi connectivity index (χ3v) is 2.99. The Morgan fingerprint density at radius 2 is 1.82 bits per heavy atom. The molecule has 0 aromatic carbocycles. The number of halogens is 3. The van der Waals surface area contributed by atoms with Crippen LogP contribution in [0.25, 0.3) is 0 Å². The Labute approximate surface area is 97.3 Å². The minimum atomic E-state index is -5.65. The lowest BCUT2D eigenvalue weighted by molar-refractivity contribution is -0.0504. The summed E-state index contributed by atoms with van der Waals surface area (Å²) in [5.74, 6) is -0.477. The molecule has 0 unspecified atom stereocenters. The van der Waals surface area contributed by atoms with E-state index in [-0.39, 0.29) is 6.54 Å². The zero-order valence-electron chi connectivity index (χ0n) is 9.50. The smallest absolute Gasteiger partial charge is 0.355 e. The topological polar surface area (TPSA) is 55.7 Å². The molecule has 1 aliphatic rings. The first-order chi connectivity index (χ1) is 7.45. The van der Waals surface area contributed by atoms with Crippen LogP contribution in [0.3, 0.4) is 0 Å². The summed E-state index contributed by atoms with van der Waals surface area (Å²) >= 11 is 0. The first-order valence-corrected chi connectivity index (χ1v) is 6.12. The average molecular weight is 271 g/mol. The van der Waals surface area contributed by atoms with E-state index >= 15 is 0 Å². The van der Waals surface area contributed by atoms with Gasteiger partial charge in [-0.2, -0.15) is 21.6 Å². The summed E-state index contributed by atoms with van der Waals surface area (Å²) in [5, 5.41) is 0. The fraction of sp³-hybridized carbons (Fsp3) is 0.667. The second-order valence-electron chi connectivity index (χ2n) is 4.50. The minimum absolute atomic E-state index is 0.120. The second-order valence-corrected chi connectivity index (χ2v) is 6.03. The minimum Gasteiger partial charge on any atom is -0.355 e. The lowest BCUT2D eigenvalue weighted by Crippen LogP contribution is -2.30. The molecular weight excluding hydrogens is 259 g/mol. The number of nitrogens with zero attached hydrogens (tertiary/aromatic N) is 1. The van der Waals surface area contributed by atoms with Gasteiger partial charge in [-0.25, -0.2) is 4.99 Å². The van der Waals surface area contributed by atoms with E-state index in [2.05, 4.69) is 9.18 Å². The van der Waals surface area contributed by atoms with Gasteiger partial charge in [0.2, 0.25) is 5.90 Å². The maximum atomic E-state index is 12.1. The van der Waals surface area contributed by atoms with E-state index in [0.717, 1.165) is 0 Å². The van der Waals surface area contributed by atoms with Crippen LogP contribution in [-0.4, -0.2) is 26.4 Å². The molecule has 0 atom stereocenters. The summed E-state index contributed by atoms with van der Waals surface area (Å²) in [6, 6.07) is 0. The number of rotatable bonds is 1. The van der Waals surface area contributed by atoms with Gasteiger partial charge in [0.15, 0.2) is 0 Å². The van der Waals surface area contributed by atoms with Crippen molar-refractivity contribution in [3.05, 3.63) is 11.6 Å². The van der Waals surface area contributed by atoms with Gasteiger partial charge in [-0.3, -0.25) is 0 Å². The number of alkyl halides is 3. The first-order valence-electron chi connectivity index (χ1n) is 4.71. The van der Waals surface area contributed by atoms with E-state index in [9.17, 15) is 21.6 Å². The third-order valence-electron chi connectivity index (χ3n) is 2.04. The Bertz CT molecular complexity index is 469. The fourth-order valence-corrected chi connectivity index (χ4v) is 1.69. The van der Waals surface area contributed by atoms with E-state index in [1.165, 1.54) is 0 Å². The Morgan fingerprint density at radius 3 is 2.24 bits per heavy atom. The fourth-order valence-electron chi connectivity index (χ4n) is 1.24. The van der Waals surface area contributed by atoms with Crippen LogP contribution in [0.5, 0.6) is 0 Å². The van der Waals surface area contributed by atoms with E-state index in [1.807, 2.05) is 0 Å². The molecule has 0 aromatic heterocycles. The van der Waals surface area contributed by atoms with Crippen molar-refractivity contribution in [1.29, 1.82) is 0 Å². The Morgan fingerprint density at radius 1 is 1.29 bits per heavy atom. The largest absolute Gasteiger partial charge is 0.534 e. The quantitative estimate of drug-likeness (QED) is 0.543. The Hall–Kier alpha value is -1.05. The van der Waals surface area contributed by atoms with Gasteiger partial charge in [-0.15, -0.1) is 0 Å². The van der Waals surface area contributed by atoms with E-state index in [4.69, 9.17) is 0 Å². The van der Waals surface area contributed by atoms with Crippen LogP contribution in [0.15, 0.2) is 16.6 Å². The maximum absolute atomic E-state index is 12.1. The molecule has 0 aliphatic carbocycles. The molecule has 0 amide bonds. The monoisotopic (exact) mass is 271 g/mol. The molecule has 17 heavy (non-hydrogen) atoms. The van der Waals surface area contributed by atoms with E-state index in [0.29, 0.717) is 5.57 Å². The standard InChI is InChI=1S/C9H12F3NO3S/c1-8(2,3)6-4-5-13-7(6)16-17(14,15)9(10,11)12/h4H,5H2,1-3H3. The van der Waals surface area contributed by atoms with Crippen molar-refractivity contribution in [1.82, 2.24) is 0 Å². The van der Waals surface area contributed by atoms with Gasteiger partial charge < -0.3 is 4.18 Å². The molecule has 1 rings (SSSR count). The van der Waals surface area contributed by atoms with Crippen molar-refractivity contribution >= 4 is 16.0 Å². The first kappa shape index (κ1) is 14.0. The van der Waals surface area contributed by atoms with Gasteiger partial charge in [0.25, 0.3) is 0 Å². The van der Waals surface area contributed by atoms with Crippen LogP contribution in [0.1, 0.15) is 20.8 Å². The summed E-state index contributed by atoms with van der Waals surface area (Å²) < 4.78 is 62.1. The van der Waals surface area contributed by atoms with Gasteiger partial charge in [0.05, 0.1) is 6.54 Å². The summed E-state index contributed by atoms with van der Waals surface area (Å²) in [7, 11) is -5.65. The maximum Gasteiger partial charge on any atom is 0.534 e. The van der Waals surface area contributed by atoms with Crippen LogP contribution in [0, 0.1) is 5.41 Å². The molecule has 8 heteroatoms. The molecule has 1 heterocycles. The summed E-state index contributed by atoms with van der Waals surface area (Å²) in [5.41, 5.74) is -5.62. The lowest BCUT2D eigenvalue weighted by atomic mass is 9.87. The highest BCUT2D eigenvalue weighted by Crippen LogP contribution is 2.32. The lowest BCUT2D eigenvalue weighted by Gasteiger charge is -2.21. The molecule has 0 saturated carbocycles. The van der Waals surface area contributed by atoms with Crippen LogP contribution in [0.4, 0.5) is 13.2 Å². The predicted octanol–water partition coefficient (Wildman–Crippen LogP) is 2.24. The molecule has 0 N–H and O–H groups in total.